The van der Waals surface area contributed by atoms with E-state index >= 15 is 0 Å². The number of rotatable bonds is 5. The highest BCUT2D eigenvalue weighted by Gasteiger charge is 2.69. The number of fused-ring (bicyclic) bond motifs is 4. The molecular weight excluding hydrogens is 546 g/mol. The number of amides is 2. The second kappa shape index (κ2) is 7.76. The van der Waals surface area contributed by atoms with Crippen molar-refractivity contribution in [2.75, 3.05) is 23.4 Å². The van der Waals surface area contributed by atoms with Crippen LogP contribution in [0.15, 0.2) is 24.4 Å². The Labute approximate surface area is 229 Å². The number of hydrogen-bond donors (Lipinski definition) is 2. The summed E-state index contributed by atoms with van der Waals surface area (Å²) in [6.07, 6.45) is 0.181. The quantitative estimate of drug-likeness (QED) is 0.476. The van der Waals surface area contributed by atoms with Crippen molar-refractivity contribution in [1.29, 1.82) is 5.26 Å². The minimum atomic E-state index is -3.90. The molecule has 2 aromatic heterocycles. The van der Waals surface area contributed by atoms with Crippen LogP contribution in [0.3, 0.4) is 0 Å². The van der Waals surface area contributed by atoms with Gasteiger partial charge in [0.2, 0.25) is 0 Å². The number of ether oxygens (including phenoxy) is 3. The van der Waals surface area contributed by atoms with E-state index in [1.165, 1.54) is 17.5 Å². The van der Waals surface area contributed by atoms with Gasteiger partial charge in [0.25, 0.3) is 11.8 Å². The van der Waals surface area contributed by atoms with Crippen LogP contribution < -0.4 is 25.0 Å². The number of nitriles is 1. The Balaban J connectivity index is 1.10. The number of morpholine rings is 1. The highest BCUT2D eigenvalue weighted by atomic mass is 32.1. The third-order valence-electron chi connectivity index (χ3n) is 8.36. The van der Waals surface area contributed by atoms with E-state index in [0.29, 0.717) is 42.7 Å². The fourth-order valence-electron chi connectivity index (χ4n) is 6.58. The zero-order valence-electron chi connectivity index (χ0n) is 20.7. The lowest BCUT2D eigenvalue weighted by Gasteiger charge is -2.66. The lowest BCUT2D eigenvalue weighted by atomic mass is 9.40. The molecule has 2 N–H and O–H groups in total. The number of hydrogen-bond acceptors (Lipinski definition) is 10. The van der Waals surface area contributed by atoms with Crippen LogP contribution in [0, 0.1) is 16.7 Å². The summed E-state index contributed by atoms with van der Waals surface area (Å²) in [7, 11) is 0. The van der Waals surface area contributed by atoms with Crippen molar-refractivity contribution >= 4 is 44.2 Å². The number of halogens is 2. The predicted octanol–water partition coefficient (Wildman–Crippen LogP) is 3.42. The van der Waals surface area contributed by atoms with Crippen molar-refractivity contribution in [3.8, 4) is 17.6 Å². The van der Waals surface area contributed by atoms with E-state index in [1.807, 2.05) is 0 Å². The van der Waals surface area contributed by atoms with Gasteiger partial charge in [-0.2, -0.15) is 5.26 Å². The highest BCUT2D eigenvalue weighted by Crippen LogP contribution is 2.66. The third-order valence-corrected chi connectivity index (χ3v) is 9.45. The SMILES string of the molecule is N#CC12CC(NC(=O)c3cc4c(cc3NC(=O)c3nccc5nc(N6C7COCC6C7)sc35)OC(F)(F)O4)(C1)C2. The summed E-state index contributed by atoms with van der Waals surface area (Å²) in [6, 6.07) is 6.76. The number of anilines is 2. The fourth-order valence-corrected chi connectivity index (χ4v) is 7.77. The molecule has 2 atom stereocenters. The number of nitrogens with one attached hydrogen (secondary N) is 2. The van der Waals surface area contributed by atoms with E-state index in [9.17, 15) is 23.6 Å². The number of carbonyl (C=O) groups excluding carboxylic acids is 2. The molecule has 9 rings (SSSR count). The van der Waals surface area contributed by atoms with Crippen LogP contribution in [0.5, 0.6) is 11.5 Å². The highest BCUT2D eigenvalue weighted by molar-refractivity contribution is 7.22. The van der Waals surface area contributed by atoms with Crippen molar-refractivity contribution in [1.82, 2.24) is 15.3 Å². The van der Waals surface area contributed by atoms with Crippen molar-refractivity contribution in [2.45, 2.75) is 49.6 Å². The van der Waals surface area contributed by atoms with Gasteiger partial charge >= 0.3 is 6.29 Å². The summed E-state index contributed by atoms with van der Waals surface area (Å²) in [5.74, 6) is -1.86. The predicted molar refractivity (Wildman–Crippen MR) is 136 cm³/mol. The molecule has 14 heteroatoms. The molecule has 3 aliphatic heterocycles. The first kappa shape index (κ1) is 23.8. The van der Waals surface area contributed by atoms with Crippen molar-refractivity contribution in [3.05, 3.63) is 35.7 Å². The minimum Gasteiger partial charge on any atom is -0.395 e. The van der Waals surface area contributed by atoms with Gasteiger partial charge in [-0.1, -0.05) is 11.3 Å². The van der Waals surface area contributed by atoms with Gasteiger partial charge in [0.15, 0.2) is 16.6 Å². The maximum Gasteiger partial charge on any atom is 0.586 e. The Morgan fingerprint density at radius 3 is 2.55 bits per heavy atom. The number of alkyl halides is 2. The molecule has 3 aromatic rings. The smallest absolute Gasteiger partial charge is 0.395 e. The zero-order valence-corrected chi connectivity index (χ0v) is 21.5. The van der Waals surface area contributed by atoms with E-state index in [-0.39, 0.29) is 40.5 Å². The van der Waals surface area contributed by atoms with Crippen LogP contribution >= 0.6 is 11.3 Å². The van der Waals surface area contributed by atoms with Gasteiger partial charge in [-0.05, 0) is 37.8 Å². The lowest BCUT2D eigenvalue weighted by Crippen LogP contribution is -2.74. The molecule has 11 nitrogen and oxygen atoms in total. The molecule has 1 aromatic carbocycles. The molecule has 204 valence electrons. The maximum atomic E-state index is 13.8. The third kappa shape index (κ3) is 3.40. The second-order valence-electron chi connectivity index (χ2n) is 11.1. The van der Waals surface area contributed by atoms with E-state index in [1.54, 1.807) is 6.07 Å². The summed E-state index contributed by atoms with van der Waals surface area (Å²) < 4.78 is 42.9. The number of benzene rings is 1. The first-order valence-corrected chi connectivity index (χ1v) is 13.6. The standard InChI is InChI=1S/C26H20F2N6O5S/c27-26(28)38-17-4-14(21(35)33-25-8-24(9-25,10-25)11-29)16(5-18(17)39-26)31-22(36)19-20-15(1-2-30-19)32-23(40-20)34-12-3-13(34)7-37-6-12/h1-2,4-5,12-13H,3,6-10H2,(H,31,36)(H,33,35). The Morgan fingerprint density at radius 2 is 1.85 bits per heavy atom. The number of nitrogens with zero attached hydrogens (tertiary/aromatic N) is 4. The maximum absolute atomic E-state index is 13.8. The van der Waals surface area contributed by atoms with Gasteiger partial charge in [-0.3, -0.25) is 9.59 Å². The average molecular weight is 567 g/mol. The molecular formula is C26H20F2N6O5S. The second-order valence-corrected chi connectivity index (χ2v) is 12.1. The Kier molecular flexibility index (Phi) is 4.61. The van der Waals surface area contributed by atoms with E-state index in [0.717, 1.165) is 23.7 Å². The fraction of sp³-hybridized carbons (Fsp3) is 0.423. The van der Waals surface area contributed by atoms with Crippen molar-refractivity contribution in [3.63, 3.8) is 0 Å². The molecule has 2 saturated heterocycles. The molecule has 5 fully saturated rings. The van der Waals surface area contributed by atoms with Gasteiger partial charge < -0.3 is 29.7 Å². The summed E-state index contributed by atoms with van der Waals surface area (Å²) in [5, 5.41) is 15.6. The number of thiazole rings is 1. The van der Waals surface area contributed by atoms with Crippen LogP contribution in [0.4, 0.5) is 19.6 Å². The van der Waals surface area contributed by atoms with Gasteiger partial charge in [0.1, 0.15) is 5.69 Å². The molecule has 2 amide bonds. The van der Waals surface area contributed by atoms with E-state index in [4.69, 9.17) is 9.72 Å². The molecule has 4 bridgehead atoms. The molecule has 40 heavy (non-hydrogen) atoms. The average Bonchev–Trinajstić information content (AvgIpc) is 3.43. The lowest BCUT2D eigenvalue weighted by molar-refractivity contribution is -0.286. The van der Waals surface area contributed by atoms with Crippen LogP contribution in [-0.4, -0.2) is 58.9 Å². The first-order valence-electron chi connectivity index (χ1n) is 12.8. The topological polar surface area (TPSA) is 139 Å². The molecule has 0 radical (unpaired) electrons. The van der Waals surface area contributed by atoms with Crippen LogP contribution in [0.25, 0.3) is 10.2 Å². The van der Waals surface area contributed by atoms with Crippen LogP contribution in [0.1, 0.15) is 46.5 Å². The minimum absolute atomic E-state index is 0.0397. The summed E-state index contributed by atoms with van der Waals surface area (Å²) in [6.45, 7) is 1.26. The molecule has 0 spiro atoms. The summed E-state index contributed by atoms with van der Waals surface area (Å²) in [5.41, 5.74) is -0.337. The number of aromatic nitrogens is 2. The largest absolute Gasteiger partial charge is 0.586 e. The first-order chi connectivity index (χ1) is 19.2. The number of carbonyl (C=O) groups is 2. The van der Waals surface area contributed by atoms with Gasteiger partial charge in [-0.15, -0.1) is 8.78 Å². The van der Waals surface area contributed by atoms with E-state index in [2.05, 4.69) is 36.1 Å². The van der Waals surface area contributed by atoms with Gasteiger partial charge in [0, 0.05) is 17.8 Å². The monoisotopic (exact) mass is 566 g/mol. The Hall–Kier alpha value is -4.09. The van der Waals surface area contributed by atoms with Crippen LogP contribution in [0.2, 0.25) is 0 Å². The van der Waals surface area contributed by atoms with E-state index < -0.39 is 29.1 Å². The summed E-state index contributed by atoms with van der Waals surface area (Å²) >= 11 is 1.35. The van der Waals surface area contributed by atoms with Crippen molar-refractivity contribution in [2.24, 2.45) is 5.41 Å². The van der Waals surface area contributed by atoms with Gasteiger partial charge in [0.05, 0.1) is 58.2 Å². The molecule has 6 aliphatic rings. The van der Waals surface area contributed by atoms with Crippen molar-refractivity contribution < 1.29 is 32.6 Å². The number of pyridine rings is 1. The van der Waals surface area contributed by atoms with Crippen LogP contribution in [-0.2, 0) is 4.74 Å². The normalized spacial score (nSPS) is 30.0. The Bertz CT molecular complexity index is 1650. The molecule has 3 aliphatic carbocycles. The zero-order chi connectivity index (χ0) is 27.4. The molecule has 5 heterocycles. The Morgan fingerprint density at radius 1 is 1.12 bits per heavy atom. The van der Waals surface area contributed by atoms with Gasteiger partial charge in [-0.25, -0.2) is 9.97 Å². The molecule has 2 unspecified atom stereocenters. The summed E-state index contributed by atoms with van der Waals surface area (Å²) in [4.78, 5) is 38.0. The molecule has 3 saturated carbocycles.